The fourth-order valence-corrected chi connectivity index (χ4v) is 4.94. The van der Waals surface area contributed by atoms with Crippen LogP contribution < -0.4 is 0 Å². The molecule has 0 heterocycles. The lowest BCUT2D eigenvalue weighted by molar-refractivity contribution is 0.109. The second kappa shape index (κ2) is 6.34. The Kier molecular flexibility index (Phi) is 4.26. The molecule has 4 aromatic carbocycles. The fourth-order valence-electron chi connectivity index (χ4n) is 3.69. The molecule has 0 aliphatic heterocycles. The summed E-state index contributed by atoms with van der Waals surface area (Å²) in [4.78, 5) is 47.3. The summed E-state index contributed by atoms with van der Waals surface area (Å²) in [6, 6.07) is 7.30. The molecular formula is C20H8I2O4. The standard InChI is InChI=1S/C20H8I2O4/c21-9-1-11-15(5-23)16(6-24)13-3-10(22)4-14-18(8-26)17(7-25)12(2-9)19(11)20(13)14/h1-8H. The monoisotopic (exact) mass is 566 g/mol. The smallest absolute Gasteiger partial charge is 0.151 e. The van der Waals surface area contributed by atoms with Gasteiger partial charge in [-0.25, -0.2) is 0 Å². The van der Waals surface area contributed by atoms with Gasteiger partial charge in [-0.3, -0.25) is 19.2 Å². The highest BCUT2D eigenvalue weighted by Gasteiger charge is 2.23. The van der Waals surface area contributed by atoms with Crippen molar-refractivity contribution in [2.75, 3.05) is 0 Å². The molecule has 0 atom stereocenters. The van der Waals surface area contributed by atoms with Crippen LogP contribution in [0.25, 0.3) is 32.3 Å². The lowest BCUT2D eigenvalue weighted by Gasteiger charge is -2.18. The van der Waals surface area contributed by atoms with Crippen LogP contribution in [0.2, 0.25) is 0 Å². The maximum atomic E-state index is 11.8. The SMILES string of the molecule is O=Cc1c(C=O)c2cc(I)cc3c(C=O)c(C=O)c4cc(I)cc1c4c23. The van der Waals surface area contributed by atoms with E-state index >= 15 is 0 Å². The minimum atomic E-state index is 0.301. The van der Waals surface area contributed by atoms with Gasteiger partial charge in [-0.15, -0.1) is 0 Å². The number of hydrogen-bond acceptors (Lipinski definition) is 4. The van der Waals surface area contributed by atoms with Crippen molar-refractivity contribution >= 4 is 103 Å². The van der Waals surface area contributed by atoms with Crippen LogP contribution in [0, 0.1) is 7.14 Å². The molecule has 0 N–H and O–H groups in total. The molecule has 0 saturated carbocycles. The van der Waals surface area contributed by atoms with Gasteiger partial charge >= 0.3 is 0 Å². The fraction of sp³-hybridized carbons (Fsp3) is 0. The van der Waals surface area contributed by atoms with E-state index in [9.17, 15) is 19.2 Å². The van der Waals surface area contributed by atoms with Crippen molar-refractivity contribution in [1.29, 1.82) is 0 Å². The number of halogens is 2. The normalized spacial score (nSPS) is 11.3. The predicted octanol–water partition coefficient (Wildman–Crippen LogP) is 5.04. The Morgan fingerprint density at radius 2 is 0.731 bits per heavy atom. The summed E-state index contributed by atoms with van der Waals surface area (Å²) >= 11 is 4.19. The van der Waals surface area contributed by atoms with Crippen molar-refractivity contribution in [3.63, 3.8) is 0 Å². The summed E-state index contributed by atoms with van der Waals surface area (Å²) in [6.45, 7) is 0. The van der Waals surface area contributed by atoms with Gasteiger partial charge in [-0.1, -0.05) is 0 Å². The maximum Gasteiger partial charge on any atom is 0.151 e. The predicted molar refractivity (Wildman–Crippen MR) is 117 cm³/mol. The average Bonchev–Trinajstić information content (AvgIpc) is 2.63. The Morgan fingerprint density at radius 1 is 0.500 bits per heavy atom. The van der Waals surface area contributed by atoms with Gasteiger partial charge in [0.05, 0.1) is 0 Å². The molecule has 0 aromatic heterocycles. The van der Waals surface area contributed by atoms with Gasteiger partial charge in [0, 0.05) is 29.4 Å². The van der Waals surface area contributed by atoms with Gasteiger partial charge in [0.2, 0.25) is 0 Å². The zero-order valence-corrected chi connectivity index (χ0v) is 17.3. The van der Waals surface area contributed by atoms with Crippen LogP contribution in [0.4, 0.5) is 0 Å². The van der Waals surface area contributed by atoms with E-state index in [0.717, 1.165) is 17.9 Å². The minimum absolute atomic E-state index is 0.301. The number of hydrogen-bond donors (Lipinski definition) is 0. The third-order valence-corrected chi connectivity index (χ3v) is 5.91. The molecule has 0 aliphatic carbocycles. The second-order valence-electron chi connectivity index (χ2n) is 5.88. The van der Waals surface area contributed by atoms with Gasteiger partial charge in [0.1, 0.15) is 0 Å². The van der Waals surface area contributed by atoms with Crippen LogP contribution in [0.3, 0.4) is 0 Å². The molecule has 0 bridgehead atoms. The van der Waals surface area contributed by atoms with Crippen LogP contribution in [-0.2, 0) is 0 Å². The van der Waals surface area contributed by atoms with E-state index < -0.39 is 0 Å². The molecule has 4 nitrogen and oxygen atoms in total. The maximum absolute atomic E-state index is 11.8. The van der Waals surface area contributed by atoms with E-state index in [-0.39, 0.29) is 0 Å². The first-order chi connectivity index (χ1) is 12.5. The zero-order valence-electron chi connectivity index (χ0n) is 13.0. The Morgan fingerprint density at radius 3 is 0.923 bits per heavy atom. The molecule has 0 spiro atoms. The molecule has 26 heavy (non-hydrogen) atoms. The molecule has 4 aromatic rings. The van der Waals surface area contributed by atoms with E-state index in [2.05, 4.69) is 45.2 Å². The van der Waals surface area contributed by atoms with Gasteiger partial charge in [0.25, 0.3) is 0 Å². The highest BCUT2D eigenvalue weighted by Crippen LogP contribution is 2.42. The molecule has 4 rings (SSSR count). The van der Waals surface area contributed by atoms with Crippen molar-refractivity contribution in [2.45, 2.75) is 0 Å². The summed E-state index contributed by atoms with van der Waals surface area (Å²) in [5, 5.41) is 3.91. The second-order valence-corrected chi connectivity index (χ2v) is 8.37. The van der Waals surface area contributed by atoms with Crippen molar-refractivity contribution in [3.05, 3.63) is 53.7 Å². The Bertz CT molecular complexity index is 1080. The van der Waals surface area contributed by atoms with Crippen molar-refractivity contribution in [1.82, 2.24) is 0 Å². The lowest BCUT2D eigenvalue weighted by atomic mass is 9.84. The van der Waals surface area contributed by atoms with Crippen LogP contribution in [-0.4, -0.2) is 25.1 Å². The van der Waals surface area contributed by atoms with Crippen LogP contribution >= 0.6 is 45.2 Å². The molecule has 126 valence electrons. The van der Waals surface area contributed by atoms with Gasteiger partial charge in [-0.05, 0) is 102 Å². The molecule has 0 radical (unpaired) electrons. The van der Waals surface area contributed by atoms with Gasteiger partial charge in [-0.2, -0.15) is 0 Å². The third-order valence-electron chi connectivity index (χ3n) is 4.67. The largest absolute Gasteiger partial charge is 0.298 e. The van der Waals surface area contributed by atoms with Gasteiger partial charge < -0.3 is 0 Å². The summed E-state index contributed by atoms with van der Waals surface area (Å²) in [6.07, 6.45) is 2.71. The molecule has 0 amide bonds. The van der Waals surface area contributed by atoms with E-state index in [1.807, 2.05) is 24.3 Å². The summed E-state index contributed by atoms with van der Waals surface area (Å²) in [7, 11) is 0. The first-order valence-corrected chi connectivity index (χ1v) is 9.69. The molecule has 0 fully saturated rings. The van der Waals surface area contributed by atoms with E-state index in [1.54, 1.807) is 0 Å². The first kappa shape index (κ1) is 17.5. The van der Waals surface area contributed by atoms with Crippen molar-refractivity contribution in [2.24, 2.45) is 0 Å². The number of rotatable bonds is 4. The lowest BCUT2D eigenvalue weighted by Crippen LogP contribution is -2.03. The quantitative estimate of drug-likeness (QED) is 0.197. The molecular weight excluding hydrogens is 558 g/mol. The van der Waals surface area contributed by atoms with Gasteiger partial charge in [0.15, 0.2) is 25.1 Å². The van der Waals surface area contributed by atoms with Crippen LogP contribution in [0.15, 0.2) is 24.3 Å². The van der Waals surface area contributed by atoms with E-state index in [0.29, 0.717) is 68.9 Å². The number of carbonyl (C=O) groups excluding carboxylic acids is 4. The number of aldehydes is 4. The first-order valence-electron chi connectivity index (χ1n) is 7.53. The summed E-state index contributed by atoms with van der Waals surface area (Å²) in [5.41, 5.74) is 1.20. The summed E-state index contributed by atoms with van der Waals surface area (Å²) < 4.78 is 1.62. The molecule has 0 saturated heterocycles. The van der Waals surface area contributed by atoms with Crippen molar-refractivity contribution in [3.8, 4) is 0 Å². The Labute approximate surface area is 174 Å². The topological polar surface area (TPSA) is 68.3 Å². The van der Waals surface area contributed by atoms with E-state index in [1.165, 1.54) is 0 Å². The highest BCUT2D eigenvalue weighted by atomic mass is 127. The van der Waals surface area contributed by atoms with Crippen LogP contribution in [0.1, 0.15) is 41.4 Å². The number of carbonyl (C=O) groups is 4. The molecule has 0 aliphatic rings. The molecule has 6 heteroatoms. The van der Waals surface area contributed by atoms with Crippen molar-refractivity contribution < 1.29 is 19.2 Å². The highest BCUT2D eigenvalue weighted by molar-refractivity contribution is 14.1. The zero-order chi connectivity index (χ0) is 18.6. The number of benzene rings is 4. The third kappa shape index (κ3) is 2.24. The Hall–Kier alpha value is -1.94. The van der Waals surface area contributed by atoms with E-state index in [4.69, 9.17) is 0 Å². The minimum Gasteiger partial charge on any atom is -0.298 e. The Balaban J connectivity index is 2.55. The summed E-state index contributed by atoms with van der Waals surface area (Å²) in [5.74, 6) is 0. The average molecular weight is 566 g/mol. The molecule has 0 unspecified atom stereocenters. The van der Waals surface area contributed by atoms with Crippen LogP contribution in [0.5, 0.6) is 0 Å².